The van der Waals surface area contributed by atoms with Crippen molar-refractivity contribution in [2.45, 2.75) is 106 Å². The Morgan fingerprint density at radius 2 is 1.63 bits per heavy atom. The summed E-state index contributed by atoms with van der Waals surface area (Å²) in [6, 6.07) is 0. The molecular weight excluding hydrogens is 451 g/mol. The maximum Gasteiger partial charge on any atom is 1.00 e. The van der Waals surface area contributed by atoms with Crippen LogP contribution < -0.4 is 51.4 Å². The molecule has 3 saturated carbocycles. The maximum atomic E-state index is 7.00. The smallest absolute Gasteiger partial charge is 0.400 e. The van der Waals surface area contributed by atoms with Crippen molar-refractivity contribution in [1.82, 2.24) is 0 Å². The van der Waals surface area contributed by atoms with Crippen molar-refractivity contribution >= 4 is 0 Å². The van der Waals surface area contributed by atoms with Crippen LogP contribution in [0.4, 0.5) is 0 Å². The van der Waals surface area contributed by atoms with Crippen molar-refractivity contribution in [3.63, 3.8) is 0 Å². The van der Waals surface area contributed by atoms with Gasteiger partial charge in [-0.2, -0.15) is 25.2 Å². The van der Waals surface area contributed by atoms with E-state index in [1.807, 2.05) is 11.1 Å². The Morgan fingerprint density at radius 3 is 2.17 bits per heavy atom. The second-order valence-electron chi connectivity index (χ2n) is 11.0. The standard InChI is InChI=1S/C26H42.2C2H4.CH4O.CH4.CH3.K/c1-6-7-15-25(4)16-8-17-26(5)22-13-10-19-9-11-20(18(2)3)24(19)21(22)12-14-23(25)26;3*1-2;;;/h6,16,18-19,21-23H,7-15,17H2,1-5H3;2*1-2H2;2H,1H3;1H4;1H3;/q-2;;;;;-1;+1. The van der Waals surface area contributed by atoms with Gasteiger partial charge in [0.05, 0.1) is 0 Å². The van der Waals surface area contributed by atoms with Crippen molar-refractivity contribution in [1.29, 1.82) is 0 Å². The fourth-order valence-electron chi connectivity index (χ4n) is 8.26. The van der Waals surface area contributed by atoms with Crippen LogP contribution in [-0.2, 0) is 0 Å². The molecule has 0 aromatic rings. The number of fused-ring (bicyclic) bond motifs is 5. The number of aliphatic hydroxyl groups excluding tert-OH is 1. The van der Waals surface area contributed by atoms with Crippen molar-refractivity contribution in [2.24, 2.45) is 40.4 Å². The van der Waals surface area contributed by atoms with Crippen LogP contribution >= 0.6 is 0 Å². The van der Waals surface area contributed by atoms with Gasteiger partial charge < -0.3 is 25.4 Å². The van der Waals surface area contributed by atoms with Gasteiger partial charge in [0, 0.05) is 7.11 Å². The van der Waals surface area contributed by atoms with Crippen LogP contribution in [0.1, 0.15) is 106 Å². The molecule has 0 bridgehead atoms. The van der Waals surface area contributed by atoms with Gasteiger partial charge in [0.1, 0.15) is 0 Å². The number of allylic oxidation sites excluding steroid dienone is 2. The molecule has 202 valence electrons. The van der Waals surface area contributed by atoms with Gasteiger partial charge in [0.25, 0.3) is 0 Å². The fourth-order valence-corrected chi connectivity index (χ4v) is 8.26. The normalized spacial score (nSPS) is 34.2. The molecule has 0 saturated heterocycles. The SMILES string of the molecule is C.C=C.C=C.CO.C[CH-]CCC1(C)[CH-]CCC2(C)C3CCC4CCC(C(C)C)=C4C3CCC12.[CH3-].[K+]. The van der Waals surface area contributed by atoms with E-state index >= 15 is 0 Å². The minimum absolute atomic E-state index is 0. The number of hydrogen-bond acceptors (Lipinski definition) is 1. The molecule has 0 aromatic carbocycles. The first kappa shape index (κ1) is 40.3. The van der Waals surface area contributed by atoms with Gasteiger partial charge in [-0.1, -0.05) is 65.0 Å². The summed E-state index contributed by atoms with van der Waals surface area (Å²) >= 11 is 0. The third-order valence-corrected chi connectivity index (χ3v) is 9.45. The van der Waals surface area contributed by atoms with Crippen LogP contribution in [-0.4, -0.2) is 12.2 Å². The van der Waals surface area contributed by atoms with Gasteiger partial charge in [-0.3, -0.25) is 0 Å². The molecule has 0 amide bonds. The zero-order chi connectivity index (χ0) is 24.5. The summed E-state index contributed by atoms with van der Waals surface area (Å²) in [5, 5.41) is 7.00. The van der Waals surface area contributed by atoms with E-state index in [4.69, 9.17) is 5.11 Å². The summed E-state index contributed by atoms with van der Waals surface area (Å²) in [6.07, 6.45) is 19.5. The molecule has 4 rings (SSSR count). The molecule has 4 aliphatic carbocycles. The fraction of sp³-hybridized carbons (Fsp3) is 0.727. The molecule has 4 aliphatic rings. The first-order valence-electron chi connectivity index (χ1n) is 13.2. The molecule has 0 aliphatic heterocycles. The zero-order valence-electron chi connectivity index (χ0n) is 24.4. The van der Waals surface area contributed by atoms with Gasteiger partial charge in [0.2, 0.25) is 0 Å². The minimum atomic E-state index is 0. The average Bonchev–Trinajstić information content (AvgIpc) is 3.27. The summed E-state index contributed by atoms with van der Waals surface area (Å²) in [5.41, 5.74) is 4.95. The Morgan fingerprint density at radius 1 is 1.03 bits per heavy atom. The van der Waals surface area contributed by atoms with Gasteiger partial charge in [-0.15, -0.1) is 32.7 Å². The Kier molecular flexibility index (Phi) is 21.8. The van der Waals surface area contributed by atoms with Gasteiger partial charge >= 0.3 is 51.4 Å². The average molecular weight is 513 g/mol. The molecule has 6 unspecified atom stereocenters. The van der Waals surface area contributed by atoms with Crippen LogP contribution in [0, 0.1) is 60.7 Å². The molecular formula is C33H61KO-2. The topological polar surface area (TPSA) is 20.2 Å². The molecule has 1 N–H and O–H groups in total. The van der Waals surface area contributed by atoms with E-state index in [-0.39, 0.29) is 66.2 Å². The molecule has 1 nitrogen and oxygen atoms in total. The molecule has 6 atom stereocenters. The van der Waals surface area contributed by atoms with Crippen LogP contribution in [0.25, 0.3) is 0 Å². The molecule has 3 fully saturated rings. The maximum absolute atomic E-state index is 7.00. The van der Waals surface area contributed by atoms with Crippen LogP contribution in [0.15, 0.2) is 37.5 Å². The number of unbranched alkanes of at least 4 members (excludes halogenated alkanes) is 1. The Labute approximate surface area is 265 Å². The van der Waals surface area contributed by atoms with Crippen LogP contribution in [0.2, 0.25) is 0 Å². The van der Waals surface area contributed by atoms with E-state index in [9.17, 15) is 0 Å². The summed E-state index contributed by atoms with van der Waals surface area (Å²) in [7, 11) is 1.00. The third-order valence-electron chi connectivity index (χ3n) is 9.45. The summed E-state index contributed by atoms with van der Waals surface area (Å²) < 4.78 is 0. The van der Waals surface area contributed by atoms with Crippen molar-refractivity contribution in [3.8, 4) is 0 Å². The van der Waals surface area contributed by atoms with Crippen molar-refractivity contribution < 1.29 is 56.5 Å². The minimum Gasteiger partial charge on any atom is -0.400 e. The third kappa shape index (κ3) is 8.40. The zero-order valence-corrected chi connectivity index (χ0v) is 27.5. The predicted octanol–water partition coefficient (Wildman–Crippen LogP) is 7.10. The second-order valence-corrected chi connectivity index (χ2v) is 11.0. The van der Waals surface area contributed by atoms with E-state index < -0.39 is 0 Å². The van der Waals surface area contributed by atoms with Crippen LogP contribution in [0.3, 0.4) is 0 Å². The number of rotatable bonds is 4. The first-order valence-corrected chi connectivity index (χ1v) is 13.2. The van der Waals surface area contributed by atoms with Gasteiger partial charge in [0.15, 0.2) is 0 Å². The van der Waals surface area contributed by atoms with E-state index in [2.05, 4.69) is 73.8 Å². The Bertz CT molecular complexity index is 594. The van der Waals surface area contributed by atoms with E-state index in [0.717, 1.165) is 36.7 Å². The van der Waals surface area contributed by atoms with Crippen LogP contribution in [0.5, 0.6) is 0 Å². The van der Waals surface area contributed by atoms with E-state index in [0.29, 0.717) is 10.8 Å². The number of aliphatic hydroxyl groups is 1. The Balaban J connectivity index is -0.00000106. The molecule has 35 heavy (non-hydrogen) atoms. The van der Waals surface area contributed by atoms with E-state index in [1.165, 1.54) is 64.2 Å². The Hall–Kier alpha value is 0.816. The number of hydrogen-bond donors (Lipinski definition) is 1. The largest absolute Gasteiger partial charge is 1.00 e. The van der Waals surface area contributed by atoms with Crippen molar-refractivity contribution in [3.05, 3.63) is 57.7 Å². The van der Waals surface area contributed by atoms with Crippen molar-refractivity contribution in [2.75, 3.05) is 7.11 Å². The van der Waals surface area contributed by atoms with Gasteiger partial charge in [-0.05, 0) is 61.2 Å². The molecule has 0 heterocycles. The molecule has 0 spiro atoms. The quantitative estimate of drug-likeness (QED) is 0.242. The molecule has 2 heteroatoms. The second kappa shape index (κ2) is 19.0. The first-order chi connectivity index (χ1) is 15.4. The molecule has 0 aromatic heterocycles. The summed E-state index contributed by atoms with van der Waals surface area (Å²) in [5.74, 6) is 4.58. The molecule has 0 radical (unpaired) electrons. The predicted molar refractivity (Wildman–Crippen MR) is 156 cm³/mol. The summed E-state index contributed by atoms with van der Waals surface area (Å²) in [6.45, 7) is 24.5. The van der Waals surface area contributed by atoms with Gasteiger partial charge in [-0.25, -0.2) is 0 Å². The summed E-state index contributed by atoms with van der Waals surface area (Å²) in [4.78, 5) is 0. The van der Waals surface area contributed by atoms with E-state index in [1.54, 1.807) is 0 Å². The monoisotopic (exact) mass is 512 g/mol.